The maximum atomic E-state index is 9.17. The highest BCUT2D eigenvalue weighted by Gasteiger charge is 2.16. The smallest absolute Gasteiger partial charge is 0.179 e. The second kappa shape index (κ2) is 4.85. The van der Waals surface area contributed by atoms with Crippen LogP contribution in [0.15, 0.2) is 30.5 Å². The van der Waals surface area contributed by atoms with Crippen molar-refractivity contribution in [1.29, 1.82) is 5.26 Å². The van der Waals surface area contributed by atoms with E-state index in [9.17, 15) is 5.26 Å². The normalized spacial score (nSPS) is 13.9. The molecule has 22 heavy (non-hydrogen) atoms. The van der Waals surface area contributed by atoms with Crippen molar-refractivity contribution >= 4 is 16.9 Å². The Morgan fingerprint density at radius 1 is 1.32 bits per heavy atom. The topological polar surface area (TPSA) is 68.6 Å². The number of pyridine rings is 1. The van der Waals surface area contributed by atoms with Gasteiger partial charge < -0.3 is 9.88 Å². The van der Waals surface area contributed by atoms with Crippen LogP contribution < -0.4 is 4.90 Å². The zero-order valence-electron chi connectivity index (χ0n) is 12.3. The summed E-state index contributed by atoms with van der Waals surface area (Å²) in [4.78, 5) is 14.3. The Bertz CT molecular complexity index is 903. The molecule has 0 radical (unpaired) electrons. The predicted molar refractivity (Wildman–Crippen MR) is 85.6 cm³/mol. The zero-order valence-corrected chi connectivity index (χ0v) is 12.3. The Kier molecular flexibility index (Phi) is 2.83. The lowest BCUT2D eigenvalue weighted by molar-refractivity contribution is 0.744. The van der Waals surface area contributed by atoms with Crippen LogP contribution in [0.2, 0.25) is 0 Å². The van der Waals surface area contributed by atoms with Gasteiger partial charge in [0, 0.05) is 31.0 Å². The molecule has 3 heterocycles. The minimum atomic E-state index is 0.571. The molecular weight excluding hydrogens is 274 g/mol. The van der Waals surface area contributed by atoms with Crippen LogP contribution in [0.4, 0.5) is 5.69 Å². The number of H-pyrrole nitrogens is 1. The van der Waals surface area contributed by atoms with Gasteiger partial charge in [-0.15, -0.1) is 0 Å². The molecule has 0 bridgehead atoms. The number of anilines is 1. The average Bonchev–Trinajstić information content (AvgIpc) is 2.99. The van der Waals surface area contributed by atoms with Gasteiger partial charge in [0.1, 0.15) is 17.4 Å². The molecule has 5 heteroatoms. The number of hydrogen-bond donors (Lipinski definition) is 1. The van der Waals surface area contributed by atoms with Gasteiger partial charge in [-0.25, -0.2) is 9.97 Å². The number of benzene rings is 1. The minimum Gasteiger partial charge on any atom is -0.374 e. The summed E-state index contributed by atoms with van der Waals surface area (Å²) in [7, 11) is 2.13. The van der Waals surface area contributed by atoms with Crippen LogP contribution in [0.25, 0.3) is 22.6 Å². The van der Waals surface area contributed by atoms with E-state index in [0.29, 0.717) is 16.7 Å². The van der Waals surface area contributed by atoms with E-state index in [-0.39, 0.29) is 0 Å². The van der Waals surface area contributed by atoms with Crippen LogP contribution in [-0.4, -0.2) is 28.5 Å². The van der Waals surface area contributed by atoms with Gasteiger partial charge in [-0.3, -0.25) is 0 Å². The first-order valence-corrected chi connectivity index (χ1v) is 7.35. The van der Waals surface area contributed by atoms with Gasteiger partial charge in [0.15, 0.2) is 5.65 Å². The third-order valence-electron chi connectivity index (χ3n) is 4.22. The van der Waals surface area contributed by atoms with Gasteiger partial charge >= 0.3 is 0 Å². The molecule has 0 saturated carbocycles. The average molecular weight is 289 g/mol. The number of aryl methyl sites for hydroxylation is 1. The summed E-state index contributed by atoms with van der Waals surface area (Å²) in [5.41, 5.74) is 5.54. The summed E-state index contributed by atoms with van der Waals surface area (Å²) in [6.07, 6.45) is 3.88. The lowest BCUT2D eigenvalue weighted by Crippen LogP contribution is -2.24. The predicted octanol–water partition coefficient (Wildman–Crippen LogP) is 2.88. The molecule has 4 rings (SSSR count). The third-order valence-corrected chi connectivity index (χ3v) is 4.22. The first-order chi connectivity index (χ1) is 10.8. The highest BCUT2D eigenvalue weighted by molar-refractivity contribution is 5.81. The maximum Gasteiger partial charge on any atom is 0.179 e. The molecule has 108 valence electrons. The number of hydrogen-bond acceptors (Lipinski definition) is 4. The molecule has 1 aromatic carbocycles. The molecule has 2 aromatic heterocycles. The van der Waals surface area contributed by atoms with Crippen molar-refractivity contribution in [2.45, 2.75) is 12.8 Å². The molecule has 5 nitrogen and oxygen atoms in total. The van der Waals surface area contributed by atoms with Gasteiger partial charge in [0.25, 0.3) is 0 Å². The summed E-state index contributed by atoms with van der Waals surface area (Å²) in [5, 5.41) is 9.17. The highest BCUT2D eigenvalue weighted by atomic mass is 15.1. The molecule has 0 unspecified atom stereocenters. The van der Waals surface area contributed by atoms with Crippen molar-refractivity contribution in [3.05, 3.63) is 41.6 Å². The standard InChI is InChI=1S/C17H15N5/c1-22-8-2-3-11-9-12(4-5-14(11)22)16-20-15-13(10-18)6-7-19-17(15)21-16/h4-7,9H,2-3,8H2,1H3,(H,19,20,21). The summed E-state index contributed by atoms with van der Waals surface area (Å²) < 4.78 is 0. The Labute approximate surface area is 128 Å². The van der Waals surface area contributed by atoms with Crippen molar-refractivity contribution < 1.29 is 0 Å². The molecule has 0 aliphatic carbocycles. The molecule has 0 saturated heterocycles. The summed E-state index contributed by atoms with van der Waals surface area (Å²) in [6.45, 7) is 1.10. The van der Waals surface area contributed by atoms with Crippen LogP contribution in [0.5, 0.6) is 0 Å². The lowest BCUT2D eigenvalue weighted by atomic mass is 9.99. The molecular formula is C17H15N5. The van der Waals surface area contributed by atoms with E-state index in [0.717, 1.165) is 24.4 Å². The van der Waals surface area contributed by atoms with E-state index in [4.69, 9.17) is 0 Å². The number of aromatic nitrogens is 3. The van der Waals surface area contributed by atoms with Gasteiger partial charge in [-0.1, -0.05) is 0 Å². The number of nitrogens with zero attached hydrogens (tertiary/aromatic N) is 4. The Morgan fingerprint density at radius 2 is 2.23 bits per heavy atom. The van der Waals surface area contributed by atoms with Crippen LogP contribution in [-0.2, 0) is 6.42 Å². The minimum absolute atomic E-state index is 0.571. The monoisotopic (exact) mass is 289 g/mol. The number of rotatable bonds is 1. The van der Waals surface area contributed by atoms with E-state index in [1.807, 2.05) is 0 Å². The quantitative estimate of drug-likeness (QED) is 0.748. The second-order valence-corrected chi connectivity index (χ2v) is 5.62. The number of fused-ring (bicyclic) bond motifs is 2. The number of nitriles is 1. The van der Waals surface area contributed by atoms with Crippen molar-refractivity contribution in [3.63, 3.8) is 0 Å². The van der Waals surface area contributed by atoms with Gasteiger partial charge in [0.2, 0.25) is 0 Å². The number of nitrogens with one attached hydrogen (secondary N) is 1. The van der Waals surface area contributed by atoms with E-state index in [1.54, 1.807) is 12.3 Å². The first-order valence-electron chi connectivity index (χ1n) is 7.35. The maximum absolute atomic E-state index is 9.17. The Morgan fingerprint density at radius 3 is 3.09 bits per heavy atom. The van der Waals surface area contributed by atoms with Gasteiger partial charge in [-0.2, -0.15) is 5.26 Å². The fourth-order valence-corrected chi connectivity index (χ4v) is 3.07. The summed E-state index contributed by atoms with van der Waals surface area (Å²) >= 11 is 0. The van der Waals surface area contributed by atoms with Crippen LogP contribution in [0.3, 0.4) is 0 Å². The first kappa shape index (κ1) is 12.8. The fraction of sp³-hybridized carbons (Fsp3) is 0.235. The van der Waals surface area contributed by atoms with E-state index in [2.05, 4.69) is 51.2 Å². The fourth-order valence-electron chi connectivity index (χ4n) is 3.07. The molecule has 1 N–H and O–H groups in total. The molecule has 1 aliphatic rings. The zero-order chi connectivity index (χ0) is 15.1. The van der Waals surface area contributed by atoms with Gasteiger partial charge in [0.05, 0.1) is 5.56 Å². The number of aromatic amines is 1. The van der Waals surface area contributed by atoms with Crippen LogP contribution in [0.1, 0.15) is 17.5 Å². The second-order valence-electron chi connectivity index (χ2n) is 5.62. The lowest BCUT2D eigenvalue weighted by Gasteiger charge is -2.27. The van der Waals surface area contributed by atoms with Crippen molar-refractivity contribution in [2.24, 2.45) is 0 Å². The Hall–Kier alpha value is -2.87. The van der Waals surface area contributed by atoms with Crippen molar-refractivity contribution in [1.82, 2.24) is 15.0 Å². The summed E-state index contributed by atoms with van der Waals surface area (Å²) in [6, 6.07) is 10.3. The van der Waals surface area contributed by atoms with Crippen molar-refractivity contribution in [3.8, 4) is 17.5 Å². The molecule has 0 amide bonds. The third kappa shape index (κ3) is 1.92. The summed E-state index contributed by atoms with van der Waals surface area (Å²) in [5.74, 6) is 0.765. The van der Waals surface area contributed by atoms with Crippen LogP contribution >= 0.6 is 0 Å². The Balaban J connectivity index is 1.84. The molecule has 1 aliphatic heterocycles. The largest absolute Gasteiger partial charge is 0.374 e. The molecule has 0 fully saturated rings. The number of imidazole rings is 1. The van der Waals surface area contributed by atoms with E-state index >= 15 is 0 Å². The molecule has 0 atom stereocenters. The SMILES string of the molecule is CN1CCCc2cc(-c3nc4nccc(C#N)c4[nH]3)ccc21. The molecule has 0 spiro atoms. The van der Waals surface area contributed by atoms with Crippen molar-refractivity contribution in [2.75, 3.05) is 18.5 Å². The van der Waals surface area contributed by atoms with E-state index in [1.165, 1.54) is 17.7 Å². The van der Waals surface area contributed by atoms with E-state index < -0.39 is 0 Å². The van der Waals surface area contributed by atoms with Crippen LogP contribution in [0, 0.1) is 11.3 Å². The highest BCUT2D eigenvalue weighted by Crippen LogP contribution is 2.30. The molecule has 3 aromatic rings. The van der Waals surface area contributed by atoms with Gasteiger partial charge in [-0.05, 0) is 42.7 Å².